The van der Waals surface area contributed by atoms with Gasteiger partial charge in [-0.25, -0.2) is 0 Å². The molecule has 0 aromatic carbocycles. The first-order valence-corrected chi connectivity index (χ1v) is 26.8. The second kappa shape index (κ2) is 41.4. The Bertz CT molecular complexity index is 1170. The molecule has 1 rings (SSSR count). The Morgan fingerprint density at radius 1 is 0.581 bits per heavy atom. The Balaban J connectivity index is 2.51. The third-order valence-electron chi connectivity index (χ3n) is 13.1. The van der Waals surface area contributed by atoms with Crippen LogP contribution in [0.2, 0.25) is 0 Å². The molecule has 0 spiro atoms. The number of carbonyl (C=O) groups is 3. The summed E-state index contributed by atoms with van der Waals surface area (Å²) in [4.78, 5) is 44.3. The van der Waals surface area contributed by atoms with Gasteiger partial charge >= 0.3 is 5.97 Å². The molecular formula is C55H101N3O4. The van der Waals surface area contributed by atoms with Gasteiger partial charge in [0, 0.05) is 19.4 Å². The molecule has 7 nitrogen and oxygen atoms in total. The summed E-state index contributed by atoms with van der Waals surface area (Å²) < 4.78 is 5.87. The van der Waals surface area contributed by atoms with Crippen LogP contribution in [-0.2, 0) is 19.1 Å². The predicted octanol–water partition coefficient (Wildman–Crippen LogP) is 14.5. The van der Waals surface area contributed by atoms with Gasteiger partial charge in [0.15, 0.2) is 0 Å². The minimum absolute atomic E-state index is 0.0229. The molecule has 1 saturated carbocycles. The highest BCUT2D eigenvalue weighted by Gasteiger charge is 2.50. The molecule has 0 aromatic rings. The topological polar surface area (TPSA) is 79.0 Å². The maximum Gasteiger partial charge on any atom is 0.305 e. The SMILES string of the molecule is CCCCCCCC/C=C\CCCCCCCCNC(=O)C1(N(CC#CCN(C)C)C(=O)CCCCC(=O)OCC(CCCCCCCC)CCCCCCCCCC)CCC1. The van der Waals surface area contributed by atoms with E-state index in [0.29, 0.717) is 64.1 Å². The second-order valence-electron chi connectivity index (χ2n) is 19.2. The summed E-state index contributed by atoms with van der Waals surface area (Å²) in [6.45, 7) is 8.85. The Morgan fingerprint density at radius 2 is 1.03 bits per heavy atom. The van der Waals surface area contributed by atoms with E-state index in [1.165, 1.54) is 167 Å². The van der Waals surface area contributed by atoms with Crippen LogP contribution in [0.4, 0.5) is 0 Å². The van der Waals surface area contributed by atoms with Crippen molar-refractivity contribution in [1.29, 1.82) is 0 Å². The number of allylic oxidation sites excluding steroid dienone is 2. The lowest BCUT2D eigenvalue weighted by Gasteiger charge is -2.48. The largest absolute Gasteiger partial charge is 0.465 e. The van der Waals surface area contributed by atoms with Gasteiger partial charge in [-0.2, -0.15) is 0 Å². The van der Waals surface area contributed by atoms with Gasteiger partial charge in [0.1, 0.15) is 5.54 Å². The number of unbranched alkanes of at least 4 members (excludes halogenated alkanes) is 25. The minimum atomic E-state index is -0.814. The fraction of sp³-hybridized carbons (Fsp3) is 0.873. The van der Waals surface area contributed by atoms with Gasteiger partial charge < -0.3 is 15.0 Å². The zero-order valence-corrected chi connectivity index (χ0v) is 41.8. The van der Waals surface area contributed by atoms with Crippen LogP contribution in [-0.4, -0.2) is 73.5 Å². The van der Waals surface area contributed by atoms with Crippen LogP contribution in [0.15, 0.2) is 12.2 Å². The van der Waals surface area contributed by atoms with E-state index in [0.717, 1.165) is 32.1 Å². The zero-order valence-electron chi connectivity index (χ0n) is 41.8. The number of ether oxygens (including phenoxy) is 1. The molecule has 2 amide bonds. The molecule has 1 atom stereocenters. The Labute approximate surface area is 384 Å². The van der Waals surface area contributed by atoms with E-state index in [-0.39, 0.29) is 24.3 Å². The molecule has 0 aromatic heterocycles. The number of nitrogens with zero attached hydrogens (tertiary/aromatic N) is 2. The summed E-state index contributed by atoms with van der Waals surface area (Å²) in [6.07, 6.45) is 47.1. The lowest BCUT2D eigenvalue weighted by molar-refractivity contribution is -0.153. The third-order valence-corrected chi connectivity index (χ3v) is 13.1. The van der Waals surface area contributed by atoms with E-state index in [9.17, 15) is 14.4 Å². The molecule has 360 valence electrons. The minimum Gasteiger partial charge on any atom is -0.465 e. The number of nitrogens with one attached hydrogen (secondary N) is 1. The van der Waals surface area contributed by atoms with Crippen LogP contribution in [0.3, 0.4) is 0 Å². The van der Waals surface area contributed by atoms with E-state index >= 15 is 0 Å². The van der Waals surface area contributed by atoms with E-state index < -0.39 is 5.54 Å². The van der Waals surface area contributed by atoms with Crippen molar-refractivity contribution in [2.45, 2.75) is 264 Å². The Morgan fingerprint density at radius 3 is 1.52 bits per heavy atom. The molecule has 0 aliphatic heterocycles. The van der Waals surface area contributed by atoms with Crippen molar-refractivity contribution in [2.75, 3.05) is 40.3 Å². The molecule has 0 bridgehead atoms. The summed E-state index contributed by atoms with van der Waals surface area (Å²) in [5.74, 6) is 6.62. The maximum absolute atomic E-state index is 13.9. The van der Waals surface area contributed by atoms with Crippen LogP contribution in [0.25, 0.3) is 0 Å². The summed E-state index contributed by atoms with van der Waals surface area (Å²) in [5.41, 5.74) is -0.814. The van der Waals surface area contributed by atoms with Gasteiger partial charge in [-0.05, 0) is 97.1 Å². The summed E-state index contributed by atoms with van der Waals surface area (Å²) >= 11 is 0. The lowest BCUT2D eigenvalue weighted by Crippen LogP contribution is -2.64. The normalized spacial score (nSPS) is 13.8. The van der Waals surface area contributed by atoms with E-state index in [4.69, 9.17) is 4.74 Å². The second-order valence-corrected chi connectivity index (χ2v) is 19.2. The average Bonchev–Trinajstić information content (AvgIpc) is 3.24. The van der Waals surface area contributed by atoms with Gasteiger partial charge in [-0.15, -0.1) is 0 Å². The van der Waals surface area contributed by atoms with Gasteiger partial charge in [-0.3, -0.25) is 19.3 Å². The zero-order chi connectivity index (χ0) is 45.2. The number of rotatable bonds is 43. The van der Waals surface area contributed by atoms with E-state index in [1.54, 1.807) is 4.90 Å². The smallest absolute Gasteiger partial charge is 0.305 e. The van der Waals surface area contributed by atoms with Gasteiger partial charge in [0.2, 0.25) is 11.8 Å². The fourth-order valence-electron chi connectivity index (χ4n) is 8.75. The first-order chi connectivity index (χ1) is 30.3. The molecule has 0 heterocycles. The van der Waals surface area contributed by atoms with Crippen LogP contribution < -0.4 is 5.32 Å². The quantitative estimate of drug-likeness (QED) is 0.0286. The van der Waals surface area contributed by atoms with Crippen molar-refractivity contribution in [3.63, 3.8) is 0 Å². The number of hydrogen-bond donors (Lipinski definition) is 1. The first kappa shape index (κ1) is 57.7. The van der Waals surface area contributed by atoms with Gasteiger partial charge in [-0.1, -0.05) is 192 Å². The predicted molar refractivity (Wildman–Crippen MR) is 265 cm³/mol. The van der Waals surface area contributed by atoms with Crippen LogP contribution in [0.1, 0.15) is 258 Å². The summed E-state index contributed by atoms with van der Waals surface area (Å²) in [7, 11) is 3.96. The molecule has 1 unspecified atom stereocenters. The number of amides is 2. The average molecular weight is 868 g/mol. The third kappa shape index (κ3) is 30.7. The molecule has 1 N–H and O–H groups in total. The molecule has 1 aliphatic carbocycles. The first-order valence-electron chi connectivity index (χ1n) is 26.8. The molecule has 0 radical (unpaired) electrons. The van der Waals surface area contributed by atoms with Gasteiger partial charge in [0.25, 0.3) is 0 Å². The monoisotopic (exact) mass is 868 g/mol. The van der Waals surface area contributed by atoms with Crippen molar-refractivity contribution >= 4 is 17.8 Å². The standard InChI is InChI=1S/C55H101N3O4/c1-6-9-12-15-18-20-21-22-23-24-25-26-27-29-32-37-47-56-54(61)55(45-40-46-55)58(49-39-38-48-57(4)5)52(59)43-35-36-44-53(60)62-50-51(41-33-30-17-14-11-8-3)42-34-31-28-19-16-13-10-7-2/h22-23,51H,6-21,24-37,40-50H2,1-5H3,(H,56,61)/b23-22-. The van der Waals surface area contributed by atoms with Crippen molar-refractivity contribution in [1.82, 2.24) is 15.1 Å². The van der Waals surface area contributed by atoms with Crippen molar-refractivity contribution in [3.8, 4) is 11.8 Å². The fourth-order valence-corrected chi connectivity index (χ4v) is 8.75. The number of carbonyl (C=O) groups excluding carboxylic acids is 3. The molecule has 7 heteroatoms. The maximum atomic E-state index is 13.9. The molecule has 1 fully saturated rings. The van der Waals surface area contributed by atoms with Crippen LogP contribution in [0.5, 0.6) is 0 Å². The van der Waals surface area contributed by atoms with Crippen molar-refractivity contribution in [3.05, 3.63) is 12.2 Å². The summed E-state index contributed by atoms with van der Waals surface area (Å²) in [6, 6.07) is 0. The molecular weight excluding hydrogens is 767 g/mol. The van der Waals surface area contributed by atoms with Crippen LogP contribution in [0, 0.1) is 17.8 Å². The lowest BCUT2D eigenvalue weighted by atomic mass is 9.74. The molecule has 1 aliphatic rings. The number of hydrogen-bond acceptors (Lipinski definition) is 5. The highest BCUT2D eigenvalue weighted by molar-refractivity contribution is 5.92. The summed E-state index contributed by atoms with van der Waals surface area (Å²) in [5, 5.41) is 3.22. The number of esters is 1. The van der Waals surface area contributed by atoms with E-state index in [2.05, 4.69) is 50.1 Å². The van der Waals surface area contributed by atoms with Crippen LogP contribution >= 0.6 is 0 Å². The van der Waals surface area contributed by atoms with Gasteiger partial charge in [0.05, 0.1) is 19.7 Å². The molecule has 0 saturated heterocycles. The Hall–Kier alpha value is -2.33. The van der Waals surface area contributed by atoms with Crippen molar-refractivity contribution in [2.24, 2.45) is 5.92 Å². The van der Waals surface area contributed by atoms with E-state index in [1.807, 2.05) is 19.0 Å². The molecule has 62 heavy (non-hydrogen) atoms. The van der Waals surface area contributed by atoms with Crippen molar-refractivity contribution < 1.29 is 19.1 Å². The highest BCUT2D eigenvalue weighted by atomic mass is 16.5. The highest BCUT2D eigenvalue weighted by Crippen LogP contribution is 2.38. The Kier molecular flexibility index (Phi) is 38.5.